The number of benzene rings is 9. The summed E-state index contributed by atoms with van der Waals surface area (Å²) in [6.45, 7) is 0. The van der Waals surface area contributed by atoms with Crippen LogP contribution in [-0.4, -0.2) is 61.3 Å². The molecule has 0 aliphatic heterocycles. The molecule has 12 N–H and O–H groups in total. The lowest BCUT2D eigenvalue weighted by Gasteiger charge is -2.31. The molecular formula is C54H39NO12. The molecule has 13 nitrogen and oxygen atoms in total. The summed E-state index contributed by atoms with van der Waals surface area (Å²) >= 11 is 0. The number of rotatable bonds is 9. The van der Waals surface area contributed by atoms with Gasteiger partial charge in [0.15, 0.2) is 69.0 Å². The van der Waals surface area contributed by atoms with Gasteiger partial charge in [-0.25, -0.2) is 0 Å². The first kappa shape index (κ1) is 42.7. The Labute approximate surface area is 381 Å². The topological polar surface area (TPSA) is 246 Å². The first-order valence-corrected chi connectivity index (χ1v) is 20.6. The van der Waals surface area contributed by atoms with E-state index in [9.17, 15) is 61.3 Å². The van der Waals surface area contributed by atoms with Crippen LogP contribution in [0.25, 0.3) is 66.8 Å². The zero-order valence-corrected chi connectivity index (χ0v) is 34.9. The maximum absolute atomic E-state index is 12.0. The first-order valence-electron chi connectivity index (χ1n) is 20.6. The Morgan fingerprint density at radius 2 is 0.388 bits per heavy atom. The minimum atomic E-state index is -1.33. The summed E-state index contributed by atoms with van der Waals surface area (Å²) in [5.74, 6) is -14.7. The third-order valence-electron chi connectivity index (χ3n) is 11.6. The summed E-state index contributed by atoms with van der Waals surface area (Å²) in [5, 5.41) is 142. The van der Waals surface area contributed by atoms with E-state index in [0.717, 1.165) is 16.7 Å². The molecule has 332 valence electrons. The van der Waals surface area contributed by atoms with Crippen LogP contribution in [0.3, 0.4) is 0 Å². The van der Waals surface area contributed by atoms with Crippen molar-refractivity contribution in [2.24, 2.45) is 0 Å². The van der Waals surface area contributed by atoms with Crippen LogP contribution < -0.4 is 4.90 Å². The van der Waals surface area contributed by atoms with Crippen LogP contribution >= 0.6 is 0 Å². The minimum Gasteiger partial charge on any atom is -0.504 e. The molecule has 9 rings (SSSR count). The summed E-state index contributed by atoms with van der Waals surface area (Å²) in [6, 6.07) is 46.0. The van der Waals surface area contributed by atoms with E-state index in [1.165, 1.54) is 18.2 Å². The fourth-order valence-electron chi connectivity index (χ4n) is 8.30. The highest BCUT2D eigenvalue weighted by Gasteiger charge is 2.40. The SMILES string of the molecule is Oc1c(O)c(N(c2c(O)c(O)c(-c3cccc(-c4ccccc4)c3)c(O)c2O)c2c(O)c(O)c(-c3cccc(-c4ccccc4)c3)c(O)c2O)c(O)c(O)c1-c1cccc(-c2ccccc2)c1. The van der Waals surface area contributed by atoms with Crippen LogP contribution in [0.15, 0.2) is 164 Å². The van der Waals surface area contributed by atoms with Crippen LogP contribution in [0, 0.1) is 0 Å². The van der Waals surface area contributed by atoms with Crippen molar-refractivity contribution in [3.63, 3.8) is 0 Å². The van der Waals surface area contributed by atoms with E-state index in [2.05, 4.69) is 0 Å². The maximum atomic E-state index is 12.0. The predicted molar refractivity (Wildman–Crippen MR) is 254 cm³/mol. The molecule has 67 heavy (non-hydrogen) atoms. The normalized spacial score (nSPS) is 11.1. The van der Waals surface area contributed by atoms with Gasteiger partial charge < -0.3 is 61.3 Å². The van der Waals surface area contributed by atoms with Gasteiger partial charge in [0, 0.05) is 0 Å². The standard InChI is InChI=1S/C54H39NO12/c56-43-37(34-22-10-19-31(25-34)28-13-4-1-5-14-28)44(57)50(63)40(49(43)62)55(41-51(64)45(58)38(46(59)52(41)65)35-23-11-20-32(26-35)29-15-6-2-7-16-29)42-53(66)47(60)39(48(61)54(42)67)36-24-12-21-33(27-36)30-17-8-3-9-18-30/h1-27,56-67H. The molecule has 0 aliphatic carbocycles. The Morgan fingerprint density at radius 1 is 0.194 bits per heavy atom. The number of nitrogens with zero attached hydrogens (tertiary/aromatic N) is 1. The maximum Gasteiger partial charge on any atom is 0.186 e. The molecular weight excluding hydrogens is 855 g/mol. The fourth-order valence-corrected chi connectivity index (χ4v) is 8.30. The van der Waals surface area contributed by atoms with Gasteiger partial charge in [-0.2, -0.15) is 0 Å². The summed E-state index contributed by atoms with van der Waals surface area (Å²) in [5.41, 5.74) is -0.914. The van der Waals surface area contributed by atoms with Crippen LogP contribution in [0.2, 0.25) is 0 Å². The summed E-state index contributed by atoms with van der Waals surface area (Å²) < 4.78 is 0. The number of aromatic hydroxyl groups is 12. The van der Waals surface area contributed by atoms with E-state index in [1.807, 2.05) is 18.2 Å². The molecule has 9 aromatic carbocycles. The monoisotopic (exact) mass is 893 g/mol. The molecule has 0 unspecified atom stereocenters. The lowest BCUT2D eigenvalue weighted by atomic mass is 9.94. The van der Waals surface area contributed by atoms with Crippen molar-refractivity contribution in [3.8, 4) is 136 Å². The van der Waals surface area contributed by atoms with Crippen molar-refractivity contribution >= 4 is 17.1 Å². The van der Waals surface area contributed by atoms with Crippen LogP contribution in [0.5, 0.6) is 69.0 Å². The van der Waals surface area contributed by atoms with Crippen LogP contribution in [-0.2, 0) is 0 Å². The molecule has 0 aliphatic rings. The Morgan fingerprint density at radius 3 is 0.612 bits per heavy atom. The summed E-state index contributed by atoms with van der Waals surface area (Å²) in [7, 11) is 0. The highest BCUT2D eigenvalue weighted by Crippen LogP contribution is 2.67. The van der Waals surface area contributed by atoms with Crippen molar-refractivity contribution in [2.75, 3.05) is 4.90 Å². The largest absolute Gasteiger partial charge is 0.504 e. The molecule has 9 aromatic rings. The van der Waals surface area contributed by atoms with Gasteiger partial charge in [0.25, 0.3) is 0 Å². The Balaban J connectivity index is 1.30. The van der Waals surface area contributed by atoms with Gasteiger partial charge in [-0.05, 0) is 68.3 Å². The zero-order chi connectivity index (χ0) is 47.3. The van der Waals surface area contributed by atoms with E-state index in [-0.39, 0.29) is 21.6 Å². The predicted octanol–water partition coefficient (Wildman–Crippen LogP) is 11.6. The fraction of sp³-hybridized carbons (Fsp3) is 0. The van der Waals surface area contributed by atoms with Gasteiger partial charge in [-0.1, -0.05) is 146 Å². The smallest absolute Gasteiger partial charge is 0.186 e. The van der Waals surface area contributed by atoms with E-state index < -0.39 is 103 Å². The van der Waals surface area contributed by atoms with Crippen molar-refractivity contribution < 1.29 is 61.3 Å². The van der Waals surface area contributed by atoms with Gasteiger partial charge in [-0.15, -0.1) is 0 Å². The van der Waals surface area contributed by atoms with E-state index in [0.29, 0.717) is 16.7 Å². The third kappa shape index (κ3) is 7.18. The molecule has 13 heteroatoms. The third-order valence-corrected chi connectivity index (χ3v) is 11.6. The van der Waals surface area contributed by atoms with E-state index in [4.69, 9.17) is 0 Å². The summed E-state index contributed by atoms with van der Waals surface area (Å²) in [4.78, 5) is 0.233. The lowest BCUT2D eigenvalue weighted by Crippen LogP contribution is -2.13. The molecule has 0 spiro atoms. The zero-order valence-electron chi connectivity index (χ0n) is 34.9. The van der Waals surface area contributed by atoms with Crippen LogP contribution in [0.1, 0.15) is 0 Å². The van der Waals surface area contributed by atoms with E-state index in [1.54, 1.807) is 127 Å². The minimum absolute atomic E-state index is 0.0752. The Bertz CT molecular complexity index is 2930. The average molecular weight is 894 g/mol. The second-order valence-corrected chi connectivity index (χ2v) is 15.5. The molecule has 0 radical (unpaired) electrons. The Hall–Kier alpha value is -9.62. The molecule has 0 amide bonds. The second-order valence-electron chi connectivity index (χ2n) is 15.5. The van der Waals surface area contributed by atoms with Crippen molar-refractivity contribution in [2.45, 2.75) is 0 Å². The average Bonchev–Trinajstić information content (AvgIpc) is 3.36. The van der Waals surface area contributed by atoms with Gasteiger partial charge in [0.1, 0.15) is 17.1 Å². The quantitative estimate of drug-likeness (QED) is 0.0477. The molecule has 0 aromatic heterocycles. The molecule has 0 heterocycles. The highest BCUT2D eigenvalue weighted by atomic mass is 16.3. The van der Waals surface area contributed by atoms with Gasteiger partial charge in [0.2, 0.25) is 0 Å². The molecule has 0 bridgehead atoms. The number of hydrogen-bond acceptors (Lipinski definition) is 13. The number of hydrogen-bond donors (Lipinski definition) is 12. The number of phenolic OH excluding ortho intramolecular Hbond substituents is 12. The van der Waals surface area contributed by atoms with Gasteiger partial charge in [-0.3, -0.25) is 4.90 Å². The molecule has 0 saturated carbocycles. The Kier molecular flexibility index (Phi) is 10.7. The van der Waals surface area contributed by atoms with E-state index >= 15 is 0 Å². The van der Waals surface area contributed by atoms with Crippen LogP contribution in [0.4, 0.5) is 17.1 Å². The van der Waals surface area contributed by atoms with Gasteiger partial charge >= 0.3 is 0 Å². The van der Waals surface area contributed by atoms with Gasteiger partial charge in [0.05, 0.1) is 16.7 Å². The van der Waals surface area contributed by atoms with Crippen molar-refractivity contribution in [3.05, 3.63) is 164 Å². The highest BCUT2D eigenvalue weighted by molar-refractivity contribution is 6.04. The lowest BCUT2D eigenvalue weighted by molar-refractivity contribution is 0.367. The second kappa shape index (κ2) is 16.8. The molecule has 0 fully saturated rings. The molecule has 0 atom stereocenters. The summed E-state index contributed by atoms with van der Waals surface area (Å²) in [6.07, 6.45) is 0. The van der Waals surface area contributed by atoms with Crippen molar-refractivity contribution in [1.29, 1.82) is 0 Å². The number of phenols is 12. The molecule has 0 saturated heterocycles. The first-order chi connectivity index (χ1) is 32.3. The van der Waals surface area contributed by atoms with Crippen molar-refractivity contribution in [1.82, 2.24) is 0 Å². The number of anilines is 3.